The normalized spacial score (nSPS) is 30.9. The van der Waals surface area contributed by atoms with Gasteiger partial charge in [0.05, 0.1) is 48.9 Å². The summed E-state index contributed by atoms with van der Waals surface area (Å²) in [5.41, 5.74) is -8.25. The topological polar surface area (TPSA) is 249 Å². The quantitative estimate of drug-likeness (QED) is 0.0691. The lowest BCUT2D eigenvalue weighted by atomic mass is 9.44. The lowest BCUT2D eigenvalue weighted by molar-refractivity contribution is -0.351. The van der Waals surface area contributed by atoms with Gasteiger partial charge >= 0.3 is 30.0 Å². The lowest BCUT2D eigenvalue weighted by Gasteiger charge is -2.67. The number of benzene rings is 2. The van der Waals surface area contributed by atoms with E-state index in [0.29, 0.717) is 5.56 Å². The van der Waals surface area contributed by atoms with Gasteiger partial charge in [0.2, 0.25) is 0 Å². The fourth-order valence-electron chi connectivity index (χ4n) is 10.3. The molecule has 66 heavy (non-hydrogen) atoms. The Morgan fingerprint density at radius 1 is 0.924 bits per heavy atom. The first-order chi connectivity index (χ1) is 30.9. The maximum atomic E-state index is 15.9. The summed E-state index contributed by atoms with van der Waals surface area (Å²) in [7, 11) is 0. The number of aliphatic hydroxyl groups excluding tert-OH is 2. The highest BCUT2D eigenvalue weighted by Gasteiger charge is 2.78. The molecule has 18 nitrogen and oxygen atoms in total. The maximum absolute atomic E-state index is 15.9. The van der Waals surface area contributed by atoms with Crippen molar-refractivity contribution >= 4 is 35.8 Å². The highest BCUT2D eigenvalue weighted by Crippen LogP contribution is 2.65. The first kappa shape index (κ1) is 50.2. The zero-order valence-corrected chi connectivity index (χ0v) is 38.7. The van der Waals surface area contributed by atoms with Crippen LogP contribution in [0.2, 0.25) is 0 Å². The molecule has 2 aromatic carbocycles. The molecule has 18 heteroatoms. The van der Waals surface area contributed by atoms with Gasteiger partial charge in [-0.15, -0.1) is 0 Å². The minimum Gasteiger partial charge on any atom is -0.456 e. The van der Waals surface area contributed by atoms with Crippen molar-refractivity contribution in [3.05, 3.63) is 82.9 Å². The molecule has 0 unspecified atom stereocenters. The number of Topliss-reactive ketones (excluding diaryl/α,β-unsaturated/α-hetero) is 1. The van der Waals surface area contributed by atoms with Crippen LogP contribution in [0.5, 0.6) is 0 Å². The fourth-order valence-corrected chi connectivity index (χ4v) is 10.3. The van der Waals surface area contributed by atoms with Crippen molar-refractivity contribution in [3.8, 4) is 0 Å². The molecule has 1 saturated heterocycles. The van der Waals surface area contributed by atoms with Crippen molar-refractivity contribution in [2.45, 2.75) is 135 Å². The molecule has 0 spiro atoms. The molecule has 6 rings (SSSR count). The molecule has 11 atom stereocenters. The Kier molecular flexibility index (Phi) is 14.6. The fraction of sp³-hybridized carbons (Fsp3) is 0.583. The van der Waals surface area contributed by atoms with E-state index in [0.717, 1.165) is 13.8 Å². The third kappa shape index (κ3) is 9.35. The summed E-state index contributed by atoms with van der Waals surface area (Å²) < 4.78 is 48.0. The van der Waals surface area contributed by atoms with Crippen LogP contribution in [0.25, 0.3) is 0 Å². The zero-order chi connectivity index (χ0) is 48.6. The molecule has 3 fully saturated rings. The van der Waals surface area contributed by atoms with Gasteiger partial charge in [0.25, 0.3) is 0 Å². The number of aliphatic hydroxyl groups is 3. The van der Waals surface area contributed by atoms with Crippen LogP contribution in [0, 0.1) is 16.7 Å². The first-order valence-electron chi connectivity index (χ1n) is 21.9. The number of nitrogens with one attached hydrogen (secondary N) is 1. The van der Waals surface area contributed by atoms with E-state index in [4.69, 9.17) is 37.9 Å². The van der Waals surface area contributed by atoms with Gasteiger partial charge in [0.1, 0.15) is 36.3 Å². The molecule has 2 aromatic rings. The molecule has 1 amide bonds. The number of ketones is 1. The number of carbonyl (C=O) groups is 6. The van der Waals surface area contributed by atoms with Crippen LogP contribution in [-0.4, -0.2) is 131 Å². The summed E-state index contributed by atoms with van der Waals surface area (Å²) in [6.45, 7) is 12.1. The van der Waals surface area contributed by atoms with E-state index in [9.17, 15) is 39.3 Å². The minimum atomic E-state index is -2.41. The first-order valence-corrected chi connectivity index (χ1v) is 21.9. The van der Waals surface area contributed by atoms with E-state index >= 15 is 4.79 Å². The number of alkyl carbamates (subject to hydrolysis) is 1. The van der Waals surface area contributed by atoms with E-state index in [1.165, 1.54) is 26.0 Å². The predicted octanol–water partition coefficient (Wildman–Crippen LogP) is 3.82. The van der Waals surface area contributed by atoms with Gasteiger partial charge in [-0.2, -0.15) is 0 Å². The molecule has 0 aromatic heterocycles. The Hall–Kier alpha value is -5.24. The Bertz CT molecular complexity index is 2190. The summed E-state index contributed by atoms with van der Waals surface area (Å²) in [6, 6.07) is 14.6. The smallest absolute Gasteiger partial charge is 0.408 e. The molecule has 4 aliphatic rings. The van der Waals surface area contributed by atoms with Gasteiger partial charge in [-0.05, 0) is 63.5 Å². The molecule has 360 valence electrons. The van der Waals surface area contributed by atoms with Gasteiger partial charge < -0.3 is 58.5 Å². The van der Waals surface area contributed by atoms with Crippen molar-refractivity contribution in [1.29, 1.82) is 0 Å². The highest BCUT2D eigenvalue weighted by atomic mass is 16.7. The maximum Gasteiger partial charge on any atom is 0.408 e. The number of fused-ring (bicyclic) bond motifs is 5. The van der Waals surface area contributed by atoms with Crippen LogP contribution in [0.3, 0.4) is 0 Å². The Balaban J connectivity index is 1.56. The average molecular weight is 924 g/mol. The zero-order valence-electron chi connectivity index (χ0n) is 38.7. The number of amides is 1. The molecule has 1 aliphatic heterocycles. The van der Waals surface area contributed by atoms with Crippen molar-refractivity contribution in [2.24, 2.45) is 16.7 Å². The van der Waals surface area contributed by atoms with Gasteiger partial charge in [-0.1, -0.05) is 62.4 Å². The van der Waals surface area contributed by atoms with E-state index in [2.05, 4.69) is 5.32 Å². The number of esters is 4. The monoisotopic (exact) mass is 923 g/mol. The van der Waals surface area contributed by atoms with Gasteiger partial charge in [-0.25, -0.2) is 14.4 Å². The van der Waals surface area contributed by atoms with Gasteiger partial charge in [-0.3, -0.25) is 14.4 Å². The van der Waals surface area contributed by atoms with Crippen molar-refractivity contribution in [1.82, 2.24) is 5.32 Å². The number of hydrogen-bond donors (Lipinski definition) is 4. The van der Waals surface area contributed by atoms with Crippen molar-refractivity contribution in [2.75, 3.05) is 26.6 Å². The van der Waals surface area contributed by atoms with Crippen LogP contribution in [0.15, 0.2) is 71.8 Å². The number of hydrogen-bond acceptors (Lipinski definition) is 17. The molecule has 4 N–H and O–H groups in total. The Morgan fingerprint density at radius 2 is 1.56 bits per heavy atom. The third-order valence-electron chi connectivity index (χ3n) is 13.4. The van der Waals surface area contributed by atoms with Crippen LogP contribution in [0.4, 0.5) is 4.79 Å². The molecular formula is C48H61NO17. The van der Waals surface area contributed by atoms with Crippen LogP contribution >= 0.6 is 0 Å². The van der Waals surface area contributed by atoms with Crippen LogP contribution in [0.1, 0.15) is 97.1 Å². The summed E-state index contributed by atoms with van der Waals surface area (Å²) in [5, 5.41) is 37.6. The molecule has 2 saturated carbocycles. The average Bonchev–Trinajstić information content (AvgIpc) is 3.24. The number of rotatable bonds is 14. The van der Waals surface area contributed by atoms with E-state index in [1.54, 1.807) is 83.1 Å². The second-order valence-corrected chi connectivity index (χ2v) is 19.0. The Labute approximate surface area is 383 Å². The molecule has 0 radical (unpaired) electrons. The number of ether oxygens (including phenoxy) is 8. The summed E-state index contributed by atoms with van der Waals surface area (Å²) >= 11 is 0. The molecular weight excluding hydrogens is 863 g/mol. The SMILES string of the molecule is CC(=O)O[C@H]1C(=O)[C@]2(C)[C@@H](OCOCCO)C[C@H]3OC[C@@]3(OC(C)=O)[C@H]2[C@H](OC(=O)c2ccccc2)[C@]2(O)C[C@H](OC(=O)[C@H](O)[C@@H](NC(=O)OC(C)(C)C)c3ccccc3)C(C)=C1C2(C)C. The van der Waals surface area contributed by atoms with Crippen molar-refractivity contribution in [3.63, 3.8) is 0 Å². The predicted molar refractivity (Wildman–Crippen MR) is 230 cm³/mol. The van der Waals surface area contributed by atoms with Crippen LogP contribution < -0.4 is 5.32 Å². The summed E-state index contributed by atoms with van der Waals surface area (Å²) in [6.07, 6.45) is -11.1. The second-order valence-electron chi connectivity index (χ2n) is 19.0. The second kappa shape index (κ2) is 19.2. The number of carbonyl (C=O) groups excluding carboxylic acids is 6. The van der Waals surface area contributed by atoms with Crippen molar-refractivity contribution < 1.29 is 82.0 Å². The molecule has 2 bridgehead atoms. The van der Waals surface area contributed by atoms with Crippen LogP contribution in [-0.2, 0) is 57.1 Å². The van der Waals surface area contributed by atoms with E-state index in [-0.39, 0.29) is 43.0 Å². The van der Waals surface area contributed by atoms with Gasteiger partial charge in [0, 0.05) is 32.1 Å². The van der Waals surface area contributed by atoms with Gasteiger partial charge in [0.15, 0.2) is 23.6 Å². The highest BCUT2D eigenvalue weighted by molar-refractivity contribution is 5.95. The minimum absolute atomic E-state index is 0.000496. The molecule has 3 aliphatic carbocycles. The molecule has 1 heterocycles. The summed E-state index contributed by atoms with van der Waals surface area (Å²) in [4.78, 5) is 84.2. The Morgan fingerprint density at radius 3 is 2.12 bits per heavy atom. The standard InChI is InChI=1S/C48H61NO17/c1-26-31(63-42(56)36(53)35(29-16-12-10-13-17-29)49-43(57)66-44(4,5)6)23-48(58)40(64-41(55)30-18-14-11-15-19-30)38-46(9,39(54)37(62-27(2)51)34(26)45(48,7)8)32(61-25-59-21-20-50)22-33-47(38,24-60-33)65-28(3)52/h10-19,31-33,35-38,40,50,53,58H,20-25H2,1-9H3,(H,49,57)/t31-,32-,33+,35-,36+,37+,38-,40-,46+,47-,48+/m0/s1. The largest absolute Gasteiger partial charge is 0.456 e. The third-order valence-corrected chi connectivity index (χ3v) is 13.4. The van der Waals surface area contributed by atoms with E-state index in [1.807, 2.05) is 0 Å². The lowest BCUT2D eigenvalue weighted by Crippen LogP contribution is -2.82. The summed E-state index contributed by atoms with van der Waals surface area (Å²) in [5.74, 6) is -6.21. The van der Waals surface area contributed by atoms with E-state index < -0.39 is 125 Å².